The van der Waals surface area contributed by atoms with E-state index in [0.717, 1.165) is 21.9 Å². The lowest BCUT2D eigenvalue weighted by Gasteiger charge is -2.22. The fourth-order valence-electron chi connectivity index (χ4n) is 4.06. The molecule has 0 N–H and O–H groups in total. The van der Waals surface area contributed by atoms with Crippen molar-refractivity contribution in [3.05, 3.63) is 98.6 Å². The Balaban J connectivity index is 1.70. The van der Waals surface area contributed by atoms with E-state index in [1.54, 1.807) is 24.3 Å². The molecule has 0 atom stereocenters. The minimum atomic E-state index is -0.706. The van der Waals surface area contributed by atoms with E-state index in [9.17, 15) is 29.3 Å². The van der Waals surface area contributed by atoms with Crippen LogP contribution in [0, 0.1) is 17.0 Å². The second kappa shape index (κ2) is 6.67. The number of nitro benzene ring substituents is 1. The first-order valence-electron chi connectivity index (χ1n) is 9.56. The lowest BCUT2D eigenvalue weighted by Crippen LogP contribution is -2.33. The molecule has 32 heavy (non-hydrogen) atoms. The molecule has 0 fully saturated rings. The van der Waals surface area contributed by atoms with Crippen LogP contribution in [0.5, 0.6) is 0 Å². The van der Waals surface area contributed by atoms with Gasteiger partial charge in [0.1, 0.15) is 0 Å². The molecule has 5 rings (SSSR count). The van der Waals surface area contributed by atoms with E-state index in [2.05, 4.69) is 0 Å². The van der Waals surface area contributed by atoms with Gasteiger partial charge in [0.05, 0.1) is 38.6 Å². The van der Waals surface area contributed by atoms with Crippen LogP contribution in [0.3, 0.4) is 0 Å². The molecule has 0 unspecified atom stereocenters. The maximum Gasteiger partial charge on any atom is 0.273 e. The summed E-state index contributed by atoms with van der Waals surface area (Å²) in [5.74, 6) is -2.55. The number of carbonyl (C=O) groups excluding carboxylic acids is 4. The second-order valence-electron chi connectivity index (χ2n) is 7.35. The molecule has 3 aromatic carbocycles. The largest absolute Gasteiger partial charge is 0.273 e. The van der Waals surface area contributed by atoms with Crippen molar-refractivity contribution in [2.24, 2.45) is 0 Å². The zero-order chi connectivity index (χ0) is 22.7. The number of rotatable bonds is 3. The van der Waals surface area contributed by atoms with Crippen molar-refractivity contribution in [3.63, 3.8) is 0 Å². The standard InChI is InChI=1S/C23H13N3O6/c1-12-18(24-20(27)14-6-2-3-7-15(14)21(24)28)10-13(26(31)32)11-19(12)25-22(29)16-8-4-5-9-17(16)23(25)30/h2-11H,1H3. The predicted octanol–water partition coefficient (Wildman–Crippen LogP) is 3.50. The van der Waals surface area contributed by atoms with Crippen molar-refractivity contribution in [3.8, 4) is 0 Å². The van der Waals surface area contributed by atoms with Crippen LogP contribution in [0.15, 0.2) is 60.7 Å². The van der Waals surface area contributed by atoms with Crippen molar-refractivity contribution >= 4 is 40.7 Å². The van der Waals surface area contributed by atoms with Gasteiger partial charge in [-0.05, 0) is 36.8 Å². The Kier molecular flexibility index (Phi) is 4.03. The molecule has 9 heteroatoms. The number of nitrogens with zero attached hydrogens (tertiary/aromatic N) is 3. The molecule has 0 bridgehead atoms. The van der Waals surface area contributed by atoms with Crippen LogP contribution >= 0.6 is 0 Å². The van der Waals surface area contributed by atoms with Gasteiger partial charge in [-0.3, -0.25) is 29.3 Å². The number of carbonyl (C=O) groups is 4. The molecule has 0 aromatic heterocycles. The van der Waals surface area contributed by atoms with Gasteiger partial charge in [-0.1, -0.05) is 24.3 Å². The van der Waals surface area contributed by atoms with E-state index in [1.807, 2.05) is 0 Å². The summed E-state index contributed by atoms with van der Waals surface area (Å²) in [5.41, 5.74) is 0.315. The summed E-state index contributed by atoms with van der Waals surface area (Å²) >= 11 is 0. The van der Waals surface area contributed by atoms with Gasteiger partial charge in [-0.2, -0.15) is 0 Å². The number of hydrogen-bond donors (Lipinski definition) is 0. The predicted molar refractivity (Wildman–Crippen MR) is 113 cm³/mol. The third-order valence-electron chi connectivity index (χ3n) is 5.62. The van der Waals surface area contributed by atoms with Crippen molar-refractivity contribution in [2.75, 3.05) is 9.80 Å². The Labute approximate surface area is 180 Å². The summed E-state index contributed by atoms with van der Waals surface area (Å²) in [6.07, 6.45) is 0. The molecule has 9 nitrogen and oxygen atoms in total. The van der Waals surface area contributed by atoms with Crippen molar-refractivity contribution in [1.29, 1.82) is 0 Å². The number of nitro groups is 1. The van der Waals surface area contributed by atoms with E-state index in [1.165, 1.54) is 31.2 Å². The summed E-state index contributed by atoms with van der Waals surface area (Å²) in [4.78, 5) is 64.5. The van der Waals surface area contributed by atoms with Crippen LogP contribution in [0.4, 0.5) is 17.1 Å². The number of amides is 4. The minimum absolute atomic E-state index is 0.0584. The number of hydrogen-bond acceptors (Lipinski definition) is 6. The average molecular weight is 427 g/mol. The highest BCUT2D eigenvalue weighted by Crippen LogP contribution is 2.40. The monoisotopic (exact) mass is 427 g/mol. The Morgan fingerprint density at radius 3 is 1.25 bits per heavy atom. The van der Waals surface area contributed by atoms with Gasteiger partial charge in [-0.25, -0.2) is 9.80 Å². The SMILES string of the molecule is Cc1c(N2C(=O)c3ccccc3C2=O)cc([N+](=O)[O-])cc1N1C(=O)c2ccccc2C1=O. The highest BCUT2D eigenvalue weighted by atomic mass is 16.6. The van der Waals surface area contributed by atoms with Crippen LogP contribution in [-0.2, 0) is 0 Å². The van der Waals surface area contributed by atoms with E-state index in [4.69, 9.17) is 0 Å². The molecule has 2 aliphatic heterocycles. The van der Waals surface area contributed by atoms with Crippen LogP contribution in [0.2, 0.25) is 0 Å². The number of benzene rings is 3. The quantitative estimate of drug-likeness (QED) is 0.359. The third kappa shape index (κ3) is 2.51. The Hall–Kier alpha value is -4.66. The van der Waals surface area contributed by atoms with Crippen molar-refractivity contribution in [2.45, 2.75) is 6.92 Å². The van der Waals surface area contributed by atoms with Gasteiger partial charge in [0, 0.05) is 12.1 Å². The maximum atomic E-state index is 13.0. The van der Waals surface area contributed by atoms with Gasteiger partial charge in [0.15, 0.2) is 0 Å². The molecule has 4 amide bonds. The van der Waals surface area contributed by atoms with Crippen LogP contribution < -0.4 is 9.80 Å². The number of imide groups is 2. The summed E-state index contributed by atoms with van der Waals surface area (Å²) in [6, 6.07) is 14.6. The molecular formula is C23H13N3O6. The molecule has 2 aliphatic rings. The lowest BCUT2D eigenvalue weighted by molar-refractivity contribution is -0.384. The molecule has 2 heterocycles. The Morgan fingerprint density at radius 2 is 0.969 bits per heavy atom. The number of anilines is 2. The van der Waals surface area contributed by atoms with Crippen LogP contribution in [-0.4, -0.2) is 28.6 Å². The topological polar surface area (TPSA) is 118 Å². The fourth-order valence-corrected chi connectivity index (χ4v) is 4.06. The first kappa shape index (κ1) is 19.3. The highest BCUT2D eigenvalue weighted by Gasteiger charge is 2.41. The summed E-state index contributed by atoms with van der Waals surface area (Å²) in [5, 5.41) is 11.6. The number of fused-ring (bicyclic) bond motifs is 2. The molecule has 3 aromatic rings. The van der Waals surface area contributed by atoms with Gasteiger partial charge in [0.25, 0.3) is 29.3 Å². The van der Waals surface area contributed by atoms with Gasteiger partial charge >= 0.3 is 0 Å². The second-order valence-corrected chi connectivity index (χ2v) is 7.35. The Bertz CT molecular complexity index is 1240. The molecule has 0 saturated heterocycles. The zero-order valence-corrected chi connectivity index (χ0v) is 16.6. The molecule has 0 spiro atoms. The normalized spacial score (nSPS) is 14.8. The van der Waals surface area contributed by atoms with E-state index < -0.39 is 34.2 Å². The Morgan fingerprint density at radius 1 is 0.656 bits per heavy atom. The minimum Gasteiger partial charge on any atom is -0.268 e. The lowest BCUT2D eigenvalue weighted by atomic mass is 10.1. The van der Waals surface area contributed by atoms with Crippen LogP contribution in [0.1, 0.15) is 47.0 Å². The molecule has 0 saturated carbocycles. The third-order valence-corrected chi connectivity index (χ3v) is 5.62. The van der Waals surface area contributed by atoms with E-state index >= 15 is 0 Å². The first-order chi connectivity index (χ1) is 15.3. The number of non-ortho nitro benzene ring substituents is 1. The van der Waals surface area contributed by atoms with Crippen LogP contribution in [0.25, 0.3) is 0 Å². The highest BCUT2D eigenvalue weighted by molar-refractivity contribution is 6.36. The summed E-state index contributed by atoms with van der Waals surface area (Å²) < 4.78 is 0. The van der Waals surface area contributed by atoms with Crippen molar-refractivity contribution < 1.29 is 24.1 Å². The maximum absolute atomic E-state index is 13.0. The molecule has 156 valence electrons. The average Bonchev–Trinajstić information content (AvgIpc) is 3.19. The molecular weight excluding hydrogens is 414 g/mol. The van der Waals surface area contributed by atoms with Gasteiger partial charge in [0.2, 0.25) is 0 Å². The molecule has 0 aliphatic carbocycles. The fraction of sp³-hybridized carbons (Fsp3) is 0.0435. The first-order valence-corrected chi connectivity index (χ1v) is 9.56. The van der Waals surface area contributed by atoms with Gasteiger partial charge in [-0.15, -0.1) is 0 Å². The van der Waals surface area contributed by atoms with E-state index in [0.29, 0.717) is 0 Å². The van der Waals surface area contributed by atoms with Crippen molar-refractivity contribution in [1.82, 2.24) is 0 Å². The summed E-state index contributed by atoms with van der Waals surface area (Å²) in [7, 11) is 0. The zero-order valence-electron chi connectivity index (χ0n) is 16.6. The smallest absolute Gasteiger partial charge is 0.268 e. The summed E-state index contributed by atoms with van der Waals surface area (Å²) in [6.45, 7) is 1.50. The molecule has 0 radical (unpaired) electrons. The van der Waals surface area contributed by atoms with Gasteiger partial charge < -0.3 is 0 Å². The van der Waals surface area contributed by atoms with E-state index in [-0.39, 0.29) is 39.2 Å².